The van der Waals surface area contributed by atoms with Gasteiger partial charge < -0.3 is 5.32 Å². The fraction of sp³-hybridized carbons (Fsp3) is 0.429. The van der Waals surface area contributed by atoms with Gasteiger partial charge in [0.15, 0.2) is 0 Å². The number of carbonyl (C=O) groups excluding carboxylic acids is 1. The third-order valence-corrected chi connectivity index (χ3v) is 6.82. The Balaban J connectivity index is 1.57. The molecule has 2 aromatic heterocycles. The molecule has 3 aromatic rings. The van der Waals surface area contributed by atoms with Crippen LogP contribution in [0.3, 0.4) is 0 Å². The zero-order valence-electron chi connectivity index (χ0n) is 15.5. The molecule has 0 aliphatic heterocycles. The lowest BCUT2D eigenvalue weighted by Crippen LogP contribution is -2.33. The minimum atomic E-state index is 0.0480. The number of fused-ring (bicyclic) bond motifs is 1. The van der Waals surface area contributed by atoms with Gasteiger partial charge in [0.1, 0.15) is 4.83 Å². The highest BCUT2D eigenvalue weighted by Gasteiger charge is 2.20. The summed E-state index contributed by atoms with van der Waals surface area (Å²) < 4.78 is 1.96. The first-order valence-electron chi connectivity index (χ1n) is 9.63. The Morgan fingerprint density at radius 1 is 1.26 bits per heavy atom. The predicted molar refractivity (Wildman–Crippen MR) is 112 cm³/mol. The number of hydrogen-bond acceptors (Lipinski definition) is 3. The molecule has 1 aliphatic rings. The number of aryl methyl sites for hydroxylation is 1. The topological polar surface area (TPSA) is 46.9 Å². The van der Waals surface area contributed by atoms with Crippen molar-refractivity contribution in [3.05, 3.63) is 51.5 Å². The van der Waals surface area contributed by atoms with Crippen molar-refractivity contribution in [1.29, 1.82) is 0 Å². The second-order valence-corrected chi connectivity index (χ2v) is 8.76. The van der Waals surface area contributed by atoms with Crippen molar-refractivity contribution < 1.29 is 4.79 Å². The molecule has 1 N–H and O–H groups in total. The molecule has 4 rings (SSSR count). The number of aromatic nitrogens is 2. The van der Waals surface area contributed by atoms with Crippen LogP contribution < -0.4 is 5.32 Å². The second kappa shape index (κ2) is 8.03. The number of halogens is 1. The van der Waals surface area contributed by atoms with Gasteiger partial charge in [0.05, 0.1) is 17.1 Å². The average Bonchev–Trinajstić information content (AvgIpc) is 3.10. The second-order valence-electron chi connectivity index (χ2n) is 7.33. The van der Waals surface area contributed by atoms with Gasteiger partial charge in [-0.1, -0.05) is 55.5 Å². The van der Waals surface area contributed by atoms with E-state index in [0.717, 1.165) is 44.2 Å². The quantitative estimate of drug-likeness (QED) is 0.581. The Morgan fingerprint density at radius 3 is 2.74 bits per heavy atom. The highest BCUT2D eigenvalue weighted by Crippen LogP contribution is 2.30. The average molecular weight is 402 g/mol. The van der Waals surface area contributed by atoms with Crippen LogP contribution in [0.4, 0.5) is 0 Å². The lowest BCUT2D eigenvalue weighted by molar-refractivity contribution is 0.0937. The fourth-order valence-electron chi connectivity index (χ4n) is 3.80. The molecular formula is C21H24ClN3OS. The zero-order valence-corrected chi connectivity index (χ0v) is 17.1. The van der Waals surface area contributed by atoms with Crippen molar-refractivity contribution in [3.63, 3.8) is 0 Å². The summed E-state index contributed by atoms with van der Waals surface area (Å²) in [6, 6.07) is 10.1. The molecular weight excluding hydrogens is 378 g/mol. The fourth-order valence-corrected chi connectivity index (χ4v) is 5.06. The van der Waals surface area contributed by atoms with E-state index in [9.17, 15) is 4.79 Å². The minimum absolute atomic E-state index is 0.0480. The maximum atomic E-state index is 12.8. The highest BCUT2D eigenvalue weighted by atomic mass is 35.5. The van der Waals surface area contributed by atoms with E-state index in [1.165, 1.54) is 37.0 Å². The van der Waals surface area contributed by atoms with E-state index in [1.807, 2.05) is 41.9 Å². The van der Waals surface area contributed by atoms with Crippen LogP contribution in [0.1, 0.15) is 59.5 Å². The van der Waals surface area contributed by atoms with Crippen molar-refractivity contribution in [1.82, 2.24) is 15.1 Å². The number of carbonyl (C=O) groups is 1. The van der Waals surface area contributed by atoms with E-state index < -0.39 is 0 Å². The molecule has 1 fully saturated rings. The molecule has 0 unspecified atom stereocenters. The van der Waals surface area contributed by atoms with Gasteiger partial charge in [0, 0.05) is 16.5 Å². The van der Waals surface area contributed by atoms with Crippen LogP contribution in [0.5, 0.6) is 0 Å². The van der Waals surface area contributed by atoms with Crippen molar-refractivity contribution in [2.45, 2.75) is 58.0 Å². The molecule has 1 aliphatic carbocycles. The molecule has 6 heteroatoms. The summed E-state index contributed by atoms with van der Waals surface area (Å²) in [6.45, 7) is 2.60. The van der Waals surface area contributed by atoms with Gasteiger partial charge >= 0.3 is 0 Å². The van der Waals surface area contributed by atoms with Crippen LogP contribution in [0, 0.1) is 6.92 Å². The van der Waals surface area contributed by atoms with Crippen LogP contribution in [0.25, 0.3) is 10.2 Å². The number of nitrogens with one attached hydrogen (secondary N) is 1. The van der Waals surface area contributed by atoms with Crippen LogP contribution in [-0.4, -0.2) is 21.7 Å². The molecule has 1 amide bonds. The summed E-state index contributed by atoms with van der Waals surface area (Å²) in [4.78, 5) is 14.6. The Hall–Kier alpha value is -1.85. The molecule has 0 radical (unpaired) electrons. The largest absolute Gasteiger partial charge is 0.349 e. The molecule has 2 heterocycles. The van der Waals surface area contributed by atoms with Crippen LogP contribution >= 0.6 is 22.9 Å². The Morgan fingerprint density at radius 2 is 2.00 bits per heavy atom. The smallest absolute Gasteiger partial charge is 0.261 e. The van der Waals surface area contributed by atoms with Gasteiger partial charge in [-0.3, -0.25) is 9.48 Å². The van der Waals surface area contributed by atoms with Crippen LogP contribution in [-0.2, 0) is 6.54 Å². The van der Waals surface area contributed by atoms with Gasteiger partial charge in [-0.05, 0) is 37.5 Å². The first-order valence-corrected chi connectivity index (χ1v) is 10.8. The third-order valence-electron chi connectivity index (χ3n) is 5.30. The summed E-state index contributed by atoms with van der Waals surface area (Å²) in [7, 11) is 0. The van der Waals surface area contributed by atoms with Crippen molar-refractivity contribution in [3.8, 4) is 0 Å². The summed E-state index contributed by atoms with van der Waals surface area (Å²) in [5.41, 5.74) is 1.98. The van der Waals surface area contributed by atoms with Gasteiger partial charge in [-0.2, -0.15) is 5.10 Å². The maximum absolute atomic E-state index is 12.8. The number of nitrogens with zero attached hydrogens (tertiary/aromatic N) is 2. The first-order chi connectivity index (χ1) is 13.1. The molecule has 27 heavy (non-hydrogen) atoms. The number of benzene rings is 1. The van der Waals surface area contributed by atoms with E-state index in [0.29, 0.717) is 12.6 Å². The lowest BCUT2D eigenvalue weighted by atomic mass is 10.1. The van der Waals surface area contributed by atoms with Crippen molar-refractivity contribution >= 4 is 39.1 Å². The van der Waals surface area contributed by atoms with Gasteiger partial charge in [0.25, 0.3) is 5.91 Å². The van der Waals surface area contributed by atoms with Gasteiger partial charge in [-0.15, -0.1) is 11.3 Å². The van der Waals surface area contributed by atoms with E-state index in [1.54, 1.807) is 0 Å². The van der Waals surface area contributed by atoms with E-state index in [4.69, 9.17) is 11.6 Å². The van der Waals surface area contributed by atoms with Crippen LogP contribution in [0.2, 0.25) is 5.02 Å². The normalized spacial score (nSPS) is 15.8. The third kappa shape index (κ3) is 4.04. The molecule has 0 atom stereocenters. The summed E-state index contributed by atoms with van der Waals surface area (Å²) in [5.74, 6) is 0.0480. The number of rotatable bonds is 4. The van der Waals surface area contributed by atoms with Crippen molar-refractivity contribution in [2.75, 3.05) is 0 Å². The maximum Gasteiger partial charge on any atom is 0.261 e. The SMILES string of the molecule is Cc1nn(Cc2ccccc2Cl)c2sc(C(=O)NC3CCCCCC3)cc12. The summed E-state index contributed by atoms with van der Waals surface area (Å²) in [6.07, 6.45) is 7.18. The molecule has 1 aromatic carbocycles. The Bertz CT molecular complexity index is 954. The number of amides is 1. The standard InChI is InChI=1S/C21H24ClN3OS/c1-14-17-12-19(20(26)23-16-9-4-2-3-5-10-16)27-21(17)25(24-14)13-15-8-6-7-11-18(15)22/h6-8,11-12,16H,2-5,9-10,13H2,1H3,(H,23,26). The molecule has 0 bridgehead atoms. The highest BCUT2D eigenvalue weighted by molar-refractivity contribution is 7.20. The summed E-state index contributed by atoms with van der Waals surface area (Å²) in [5, 5.41) is 9.69. The number of thiophene rings is 1. The lowest BCUT2D eigenvalue weighted by Gasteiger charge is -2.15. The first kappa shape index (κ1) is 18.5. The zero-order chi connectivity index (χ0) is 18.8. The predicted octanol–water partition coefficient (Wildman–Crippen LogP) is 5.56. The number of hydrogen-bond donors (Lipinski definition) is 1. The molecule has 4 nitrogen and oxygen atoms in total. The molecule has 142 valence electrons. The van der Waals surface area contributed by atoms with Gasteiger partial charge in [-0.25, -0.2) is 0 Å². The monoisotopic (exact) mass is 401 g/mol. The summed E-state index contributed by atoms with van der Waals surface area (Å²) >= 11 is 7.82. The molecule has 0 saturated heterocycles. The van der Waals surface area contributed by atoms with Crippen LogP contribution in [0.15, 0.2) is 30.3 Å². The molecule has 0 spiro atoms. The Labute approximate surface area is 168 Å². The van der Waals surface area contributed by atoms with Gasteiger partial charge in [0.2, 0.25) is 0 Å². The molecule has 1 saturated carbocycles. The van der Waals surface area contributed by atoms with Crippen molar-refractivity contribution in [2.24, 2.45) is 0 Å². The van der Waals surface area contributed by atoms with E-state index in [2.05, 4.69) is 10.4 Å². The van der Waals surface area contributed by atoms with E-state index in [-0.39, 0.29) is 5.91 Å². The minimum Gasteiger partial charge on any atom is -0.349 e. The Kier molecular flexibility index (Phi) is 5.50. The van der Waals surface area contributed by atoms with E-state index >= 15 is 0 Å².